The van der Waals surface area contributed by atoms with E-state index in [1.165, 1.54) is 14.0 Å². The number of aryl methyl sites for hydroxylation is 1. The fourth-order valence-corrected chi connectivity index (χ4v) is 2.20. The number of esters is 1. The fraction of sp³-hybridized carbons (Fsp3) is 0.471. The Labute approximate surface area is 136 Å². The zero-order chi connectivity index (χ0) is 17.4. The molecule has 0 radical (unpaired) electrons. The predicted molar refractivity (Wildman–Crippen MR) is 86.6 cm³/mol. The third-order valence-electron chi connectivity index (χ3n) is 3.35. The van der Waals surface area contributed by atoms with Crippen LogP contribution in [0.2, 0.25) is 0 Å². The molecule has 0 spiro atoms. The second kappa shape index (κ2) is 8.92. The Morgan fingerprint density at radius 1 is 1.09 bits per heavy atom. The molecule has 0 heterocycles. The molecular weight excluding hydrogens is 296 g/mol. The molecule has 1 rings (SSSR count). The van der Waals surface area contributed by atoms with Crippen LogP contribution in [0.1, 0.15) is 43.9 Å². The first-order chi connectivity index (χ1) is 10.8. The molecule has 1 aromatic carbocycles. The Morgan fingerprint density at radius 2 is 1.70 bits per heavy atom. The summed E-state index contributed by atoms with van der Waals surface area (Å²) in [7, 11) is 1.31. The quantitative estimate of drug-likeness (QED) is 0.748. The van der Waals surface area contributed by atoms with Crippen LogP contribution >= 0.6 is 0 Å². The second-order valence-corrected chi connectivity index (χ2v) is 5.62. The summed E-state index contributed by atoms with van der Waals surface area (Å²) in [5, 5.41) is 5.52. The number of rotatable bonds is 7. The summed E-state index contributed by atoms with van der Waals surface area (Å²) in [4.78, 5) is 34.7. The molecular formula is C17H24N2O4. The molecule has 6 nitrogen and oxygen atoms in total. The Kier molecular flexibility index (Phi) is 7.25. The summed E-state index contributed by atoms with van der Waals surface area (Å²) in [6.45, 7) is 5.12. The first-order valence-corrected chi connectivity index (χ1v) is 7.51. The molecule has 2 atom stereocenters. The van der Waals surface area contributed by atoms with Crippen molar-refractivity contribution < 1.29 is 19.1 Å². The number of ether oxygens (including phenoxy) is 1. The minimum atomic E-state index is -0.404. The van der Waals surface area contributed by atoms with Crippen LogP contribution in [0.15, 0.2) is 24.3 Å². The standard InChI is InChI=1S/C17H24N2O4/c1-11-5-7-14(8-6-11)15(19-13(3)20)10-16(21)18-12(2)9-17(22)23-4/h5-8,12,15H,9-10H2,1-4H3,(H,18,21)(H,19,20). The van der Waals surface area contributed by atoms with Crippen LogP contribution in [0.25, 0.3) is 0 Å². The molecule has 126 valence electrons. The van der Waals surface area contributed by atoms with Gasteiger partial charge in [-0.1, -0.05) is 29.8 Å². The smallest absolute Gasteiger partial charge is 0.307 e. The molecule has 2 N–H and O–H groups in total. The Hall–Kier alpha value is -2.37. The van der Waals surface area contributed by atoms with Gasteiger partial charge in [0.15, 0.2) is 0 Å². The summed E-state index contributed by atoms with van der Waals surface area (Å²) in [5.74, 6) is -0.818. The maximum atomic E-state index is 12.1. The fourth-order valence-electron chi connectivity index (χ4n) is 2.20. The Balaban J connectivity index is 2.69. The number of nitrogens with one attached hydrogen (secondary N) is 2. The monoisotopic (exact) mass is 320 g/mol. The van der Waals surface area contributed by atoms with E-state index in [2.05, 4.69) is 15.4 Å². The average Bonchev–Trinajstić information content (AvgIpc) is 2.46. The first kappa shape index (κ1) is 18.7. The topological polar surface area (TPSA) is 84.5 Å². The number of carbonyl (C=O) groups excluding carboxylic acids is 3. The summed E-state index contributed by atoms with van der Waals surface area (Å²) >= 11 is 0. The van der Waals surface area contributed by atoms with Crippen molar-refractivity contribution in [3.05, 3.63) is 35.4 Å². The van der Waals surface area contributed by atoms with E-state index in [-0.39, 0.29) is 36.7 Å². The van der Waals surface area contributed by atoms with Gasteiger partial charge in [0, 0.05) is 13.0 Å². The molecule has 0 saturated heterocycles. The van der Waals surface area contributed by atoms with E-state index in [0.717, 1.165) is 11.1 Å². The lowest BCUT2D eigenvalue weighted by atomic mass is 10.0. The normalized spacial score (nSPS) is 12.9. The Morgan fingerprint density at radius 3 is 2.22 bits per heavy atom. The van der Waals surface area contributed by atoms with Crippen molar-refractivity contribution in [3.63, 3.8) is 0 Å². The molecule has 2 amide bonds. The van der Waals surface area contributed by atoms with Gasteiger partial charge >= 0.3 is 5.97 Å². The maximum absolute atomic E-state index is 12.1. The van der Waals surface area contributed by atoms with E-state index < -0.39 is 6.04 Å². The summed E-state index contributed by atoms with van der Waals surface area (Å²) in [6, 6.07) is 6.91. The van der Waals surface area contributed by atoms with Crippen LogP contribution in [0.5, 0.6) is 0 Å². The van der Waals surface area contributed by atoms with Gasteiger partial charge < -0.3 is 15.4 Å². The minimum Gasteiger partial charge on any atom is -0.469 e. The highest BCUT2D eigenvalue weighted by molar-refractivity contribution is 5.80. The van der Waals surface area contributed by atoms with E-state index in [9.17, 15) is 14.4 Å². The third-order valence-corrected chi connectivity index (χ3v) is 3.35. The van der Waals surface area contributed by atoms with E-state index in [1.54, 1.807) is 6.92 Å². The molecule has 0 saturated carbocycles. The van der Waals surface area contributed by atoms with Gasteiger partial charge in [0.1, 0.15) is 0 Å². The summed E-state index contributed by atoms with van der Waals surface area (Å²) < 4.78 is 4.57. The van der Waals surface area contributed by atoms with E-state index in [1.807, 2.05) is 31.2 Å². The van der Waals surface area contributed by atoms with Crippen molar-refractivity contribution in [1.82, 2.24) is 10.6 Å². The van der Waals surface area contributed by atoms with Crippen LogP contribution in [0.4, 0.5) is 0 Å². The number of hydrogen-bond acceptors (Lipinski definition) is 4. The predicted octanol–water partition coefficient (Wildman–Crippen LogP) is 1.63. The van der Waals surface area contributed by atoms with E-state index in [0.29, 0.717) is 0 Å². The zero-order valence-corrected chi connectivity index (χ0v) is 14.0. The van der Waals surface area contributed by atoms with Gasteiger partial charge in [-0.25, -0.2) is 0 Å². The minimum absolute atomic E-state index is 0.105. The lowest BCUT2D eigenvalue weighted by molar-refractivity contribution is -0.141. The van der Waals surface area contributed by atoms with Crippen molar-refractivity contribution in [2.75, 3.05) is 7.11 Å². The largest absolute Gasteiger partial charge is 0.469 e. The number of benzene rings is 1. The Bertz CT molecular complexity index is 554. The van der Waals surface area contributed by atoms with E-state index in [4.69, 9.17) is 0 Å². The highest BCUT2D eigenvalue weighted by Crippen LogP contribution is 2.17. The number of amides is 2. The molecule has 0 aliphatic heterocycles. The second-order valence-electron chi connectivity index (χ2n) is 5.62. The van der Waals surface area contributed by atoms with E-state index >= 15 is 0 Å². The van der Waals surface area contributed by atoms with Gasteiger partial charge in [-0.15, -0.1) is 0 Å². The molecule has 1 aromatic rings. The lowest BCUT2D eigenvalue weighted by Gasteiger charge is -2.20. The lowest BCUT2D eigenvalue weighted by Crippen LogP contribution is -2.37. The van der Waals surface area contributed by atoms with Gasteiger partial charge in [0.2, 0.25) is 11.8 Å². The number of hydrogen-bond donors (Lipinski definition) is 2. The highest BCUT2D eigenvalue weighted by atomic mass is 16.5. The molecule has 0 aliphatic carbocycles. The first-order valence-electron chi connectivity index (χ1n) is 7.51. The molecule has 6 heteroatoms. The van der Waals surface area contributed by atoms with Gasteiger partial charge in [-0.3, -0.25) is 14.4 Å². The molecule has 2 unspecified atom stereocenters. The van der Waals surface area contributed by atoms with Gasteiger partial charge in [-0.05, 0) is 19.4 Å². The van der Waals surface area contributed by atoms with Gasteiger partial charge in [-0.2, -0.15) is 0 Å². The SMILES string of the molecule is COC(=O)CC(C)NC(=O)CC(NC(C)=O)c1ccc(C)cc1. The molecule has 0 bridgehead atoms. The third kappa shape index (κ3) is 6.95. The molecule has 0 aromatic heterocycles. The summed E-state index contributed by atoms with van der Waals surface area (Å²) in [5.41, 5.74) is 1.97. The number of methoxy groups -OCH3 is 1. The number of carbonyl (C=O) groups is 3. The van der Waals surface area contributed by atoms with Gasteiger partial charge in [0.05, 0.1) is 26.0 Å². The molecule has 0 aliphatic rings. The van der Waals surface area contributed by atoms with Crippen molar-refractivity contribution in [2.24, 2.45) is 0 Å². The van der Waals surface area contributed by atoms with Crippen molar-refractivity contribution in [1.29, 1.82) is 0 Å². The van der Waals surface area contributed by atoms with Crippen LogP contribution in [-0.2, 0) is 19.1 Å². The van der Waals surface area contributed by atoms with Crippen LogP contribution in [-0.4, -0.2) is 30.9 Å². The van der Waals surface area contributed by atoms with Crippen molar-refractivity contribution in [3.8, 4) is 0 Å². The average molecular weight is 320 g/mol. The summed E-state index contributed by atoms with van der Waals surface area (Å²) in [6.07, 6.45) is 0.214. The zero-order valence-electron chi connectivity index (χ0n) is 14.0. The molecule has 0 fully saturated rings. The molecule has 23 heavy (non-hydrogen) atoms. The van der Waals surface area contributed by atoms with Crippen LogP contribution in [0.3, 0.4) is 0 Å². The van der Waals surface area contributed by atoms with Crippen molar-refractivity contribution >= 4 is 17.8 Å². The van der Waals surface area contributed by atoms with Gasteiger partial charge in [0.25, 0.3) is 0 Å². The van der Waals surface area contributed by atoms with Crippen molar-refractivity contribution in [2.45, 2.75) is 45.7 Å². The van der Waals surface area contributed by atoms with Crippen LogP contribution < -0.4 is 10.6 Å². The highest BCUT2D eigenvalue weighted by Gasteiger charge is 2.19. The maximum Gasteiger partial charge on any atom is 0.307 e. The van der Waals surface area contributed by atoms with Crippen LogP contribution in [0, 0.1) is 6.92 Å².